The van der Waals surface area contributed by atoms with Crippen molar-refractivity contribution in [1.29, 1.82) is 0 Å². The van der Waals surface area contributed by atoms with Crippen molar-refractivity contribution in [2.75, 3.05) is 0 Å². The van der Waals surface area contributed by atoms with Gasteiger partial charge in [0.05, 0.1) is 11.4 Å². The van der Waals surface area contributed by atoms with Crippen molar-refractivity contribution in [3.8, 4) is 11.3 Å². The van der Waals surface area contributed by atoms with E-state index in [0.29, 0.717) is 17.1 Å². The van der Waals surface area contributed by atoms with Crippen LogP contribution in [0.25, 0.3) is 17.3 Å². The molecule has 0 atom stereocenters. The van der Waals surface area contributed by atoms with E-state index in [4.69, 9.17) is 0 Å². The summed E-state index contributed by atoms with van der Waals surface area (Å²) in [5.74, 6) is -0.382. The van der Waals surface area contributed by atoms with Crippen molar-refractivity contribution in [3.63, 3.8) is 0 Å². The number of hydrogen-bond acceptors (Lipinski definition) is 5. The maximum absolute atomic E-state index is 11.9. The van der Waals surface area contributed by atoms with Crippen LogP contribution < -0.4 is 5.32 Å². The summed E-state index contributed by atoms with van der Waals surface area (Å²) in [5.41, 5.74) is 3.45. The lowest BCUT2D eigenvalue weighted by atomic mass is 10.1. The van der Waals surface area contributed by atoms with Crippen molar-refractivity contribution in [2.24, 2.45) is 0 Å². The number of carbonyl (C=O) groups excluding carboxylic acids is 2. The molecule has 1 saturated heterocycles. The summed E-state index contributed by atoms with van der Waals surface area (Å²) in [5, 5.41) is 6.58. The van der Waals surface area contributed by atoms with Gasteiger partial charge in [-0.3, -0.25) is 24.6 Å². The quantitative estimate of drug-likeness (QED) is 0.721. The highest BCUT2D eigenvalue weighted by Gasteiger charge is 2.26. The van der Waals surface area contributed by atoms with E-state index in [1.807, 2.05) is 53.3 Å². The maximum Gasteiger partial charge on any atom is 0.290 e. The highest BCUT2D eigenvalue weighted by atomic mass is 32.2. The third-order valence-electron chi connectivity index (χ3n) is 3.84. The normalized spacial score (nSPS) is 15.5. The number of thioether (sulfide) groups is 1. The number of imide groups is 1. The predicted molar refractivity (Wildman–Crippen MR) is 100 cm³/mol. The molecule has 26 heavy (non-hydrogen) atoms. The Labute approximate surface area is 153 Å². The fourth-order valence-corrected chi connectivity index (χ4v) is 3.36. The largest absolute Gasteiger partial charge is 0.290 e. The number of nitrogens with zero attached hydrogens (tertiary/aromatic N) is 3. The van der Waals surface area contributed by atoms with Crippen molar-refractivity contribution < 1.29 is 9.59 Å². The van der Waals surface area contributed by atoms with Crippen LogP contribution in [0.1, 0.15) is 11.1 Å². The molecule has 128 valence electrons. The lowest BCUT2D eigenvalue weighted by molar-refractivity contribution is -0.115. The molecular formula is C19H14N4O2S. The van der Waals surface area contributed by atoms with Gasteiger partial charge in [0, 0.05) is 29.7 Å². The second-order valence-corrected chi connectivity index (χ2v) is 6.72. The monoisotopic (exact) mass is 362 g/mol. The summed E-state index contributed by atoms with van der Waals surface area (Å²) in [7, 11) is 0. The third kappa shape index (κ3) is 3.43. The molecule has 0 saturated carbocycles. The smallest absolute Gasteiger partial charge is 0.282 e. The molecule has 1 N–H and O–H groups in total. The number of carbonyl (C=O) groups is 2. The van der Waals surface area contributed by atoms with Gasteiger partial charge in [0.25, 0.3) is 11.1 Å². The highest BCUT2D eigenvalue weighted by Crippen LogP contribution is 2.29. The van der Waals surface area contributed by atoms with Gasteiger partial charge < -0.3 is 0 Å². The molecule has 0 bridgehead atoms. The zero-order valence-corrected chi connectivity index (χ0v) is 14.4. The van der Waals surface area contributed by atoms with E-state index in [0.717, 1.165) is 28.5 Å². The van der Waals surface area contributed by atoms with Crippen LogP contribution in [-0.4, -0.2) is 25.9 Å². The average Bonchev–Trinajstić information content (AvgIpc) is 3.19. The zero-order valence-electron chi connectivity index (χ0n) is 13.6. The molecule has 3 aromatic rings. The van der Waals surface area contributed by atoms with E-state index >= 15 is 0 Å². The van der Waals surface area contributed by atoms with Crippen LogP contribution in [0.15, 0.2) is 66.0 Å². The molecule has 1 aliphatic rings. The number of amides is 2. The first kappa shape index (κ1) is 16.3. The van der Waals surface area contributed by atoms with Gasteiger partial charge in [-0.05, 0) is 35.5 Å². The molecule has 1 fully saturated rings. The zero-order chi connectivity index (χ0) is 17.9. The predicted octanol–water partition coefficient (Wildman–Crippen LogP) is 3.32. The molecule has 0 radical (unpaired) electrons. The van der Waals surface area contributed by atoms with Crippen molar-refractivity contribution >= 4 is 29.0 Å². The summed E-state index contributed by atoms with van der Waals surface area (Å²) < 4.78 is 1.82. The topological polar surface area (TPSA) is 76.9 Å². The second-order valence-electron chi connectivity index (χ2n) is 5.71. The minimum absolute atomic E-state index is 0.360. The van der Waals surface area contributed by atoms with E-state index in [1.165, 1.54) is 0 Å². The van der Waals surface area contributed by atoms with Crippen molar-refractivity contribution in [3.05, 3.63) is 77.1 Å². The van der Waals surface area contributed by atoms with Crippen LogP contribution in [0.5, 0.6) is 0 Å². The van der Waals surface area contributed by atoms with Gasteiger partial charge in [-0.1, -0.05) is 30.3 Å². The average molecular weight is 362 g/mol. The van der Waals surface area contributed by atoms with Crippen molar-refractivity contribution in [2.45, 2.75) is 6.54 Å². The van der Waals surface area contributed by atoms with Gasteiger partial charge in [0.15, 0.2) is 0 Å². The van der Waals surface area contributed by atoms with Crippen LogP contribution >= 0.6 is 11.8 Å². The van der Waals surface area contributed by atoms with Crippen LogP contribution in [0, 0.1) is 0 Å². The summed E-state index contributed by atoms with van der Waals surface area (Å²) in [6, 6.07) is 13.7. The number of rotatable bonds is 4. The van der Waals surface area contributed by atoms with E-state index in [9.17, 15) is 9.59 Å². The van der Waals surface area contributed by atoms with Crippen LogP contribution in [0.3, 0.4) is 0 Å². The SMILES string of the molecule is O=C1NC(=O)/C(=C/c2cn(Cc3ccccc3)nc2-c2cccnc2)S1. The number of nitrogens with one attached hydrogen (secondary N) is 1. The fourth-order valence-electron chi connectivity index (χ4n) is 2.68. The molecule has 2 amide bonds. The molecule has 2 aromatic heterocycles. The third-order valence-corrected chi connectivity index (χ3v) is 4.65. The first-order valence-corrected chi connectivity index (χ1v) is 8.77. The summed E-state index contributed by atoms with van der Waals surface area (Å²) >= 11 is 0.894. The van der Waals surface area contributed by atoms with Gasteiger partial charge in [-0.2, -0.15) is 5.10 Å². The molecule has 3 heterocycles. The Morgan fingerprint density at radius 1 is 1.12 bits per heavy atom. The molecule has 0 unspecified atom stereocenters. The van der Waals surface area contributed by atoms with Gasteiger partial charge in [-0.15, -0.1) is 0 Å². The Balaban J connectivity index is 1.75. The van der Waals surface area contributed by atoms with E-state index in [1.54, 1.807) is 18.5 Å². The van der Waals surface area contributed by atoms with Crippen LogP contribution in [0.2, 0.25) is 0 Å². The summed E-state index contributed by atoms with van der Waals surface area (Å²) in [6.45, 7) is 0.607. The number of pyridine rings is 1. The number of benzene rings is 1. The number of hydrogen-bond donors (Lipinski definition) is 1. The first-order valence-electron chi connectivity index (χ1n) is 7.96. The highest BCUT2D eigenvalue weighted by molar-refractivity contribution is 8.18. The Kier molecular flexibility index (Phi) is 4.37. The molecule has 1 aromatic carbocycles. The van der Waals surface area contributed by atoms with Crippen LogP contribution in [0.4, 0.5) is 4.79 Å². The number of aromatic nitrogens is 3. The van der Waals surface area contributed by atoms with Crippen LogP contribution in [-0.2, 0) is 11.3 Å². The maximum atomic E-state index is 11.9. The second kappa shape index (κ2) is 6.97. The molecule has 4 rings (SSSR count). The van der Waals surface area contributed by atoms with E-state index in [2.05, 4.69) is 15.4 Å². The lowest BCUT2D eigenvalue weighted by Crippen LogP contribution is -2.17. The standard InChI is InChI=1S/C19H14N4O2S/c24-18-16(26-19(25)21-18)9-15-12-23(11-13-5-2-1-3-6-13)22-17(15)14-7-4-8-20-10-14/h1-10,12H,11H2,(H,21,24,25)/b16-9-. The molecule has 0 aliphatic carbocycles. The van der Waals surface area contributed by atoms with Gasteiger partial charge in [0.2, 0.25) is 0 Å². The first-order chi connectivity index (χ1) is 12.7. The molecule has 1 aliphatic heterocycles. The molecule has 6 nitrogen and oxygen atoms in total. The fraction of sp³-hybridized carbons (Fsp3) is 0.0526. The minimum Gasteiger partial charge on any atom is -0.282 e. The van der Waals surface area contributed by atoms with Gasteiger partial charge in [0.1, 0.15) is 5.69 Å². The van der Waals surface area contributed by atoms with E-state index in [-0.39, 0.29) is 11.1 Å². The Hall–Kier alpha value is -3.19. The molecule has 7 heteroatoms. The summed E-state index contributed by atoms with van der Waals surface area (Å²) in [4.78, 5) is 27.8. The molecule has 0 spiro atoms. The van der Waals surface area contributed by atoms with Crippen molar-refractivity contribution in [1.82, 2.24) is 20.1 Å². The lowest BCUT2D eigenvalue weighted by Gasteiger charge is -2.01. The Morgan fingerprint density at radius 3 is 2.65 bits per heavy atom. The minimum atomic E-state index is -0.382. The van der Waals surface area contributed by atoms with Gasteiger partial charge >= 0.3 is 0 Å². The molecular weight excluding hydrogens is 348 g/mol. The Morgan fingerprint density at radius 2 is 1.96 bits per heavy atom. The summed E-state index contributed by atoms with van der Waals surface area (Å²) in [6.07, 6.45) is 6.99. The van der Waals surface area contributed by atoms with E-state index < -0.39 is 0 Å². The van der Waals surface area contributed by atoms with Gasteiger partial charge in [-0.25, -0.2) is 0 Å². The Bertz CT molecular complexity index is 997.